The maximum absolute atomic E-state index is 12.6. The van der Waals surface area contributed by atoms with E-state index >= 15 is 0 Å². The second-order valence-corrected chi connectivity index (χ2v) is 3.34. The van der Waals surface area contributed by atoms with Crippen LogP contribution in [0.1, 0.15) is 11.1 Å². The molecule has 0 saturated heterocycles. The first-order chi connectivity index (χ1) is 7.84. The van der Waals surface area contributed by atoms with E-state index in [1.807, 2.05) is 0 Å². The number of nitrogens with zero attached hydrogens (tertiary/aromatic N) is 1. The van der Waals surface area contributed by atoms with Crippen LogP contribution in [0.2, 0.25) is 5.15 Å². The summed E-state index contributed by atoms with van der Waals surface area (Å²) in [6.07, 6.45) is -1.79. The number of rotatable bonds is 2. The highest BCUT2D eigenvalue weighted by Crippen LogP contribution is 2.33. The van der Waals surface area contributed by atoms with Gasteiger partial charge >= 0.3 is 12.1 Å². The first kappa shape index (κ1) is 13.5. The predicted molar refractivity (Wildman–Crippen MR) is 55.3 cm³/mol. The summed E-state index contributed by atoms with van der Waals surface area (Å²) in [5.74, 6) is -0.756. The van der Waals surface area contributed by atoms with Gasteiger partial charge in [-0.15, -0.1) is 0 Å². The molecule has 0 bridgehead atoms. The number of hydrogen-bond donors (Lipinski definition) is 0. The summed E-state index contributed by atoms with van der Waals surface area (Å²) >= 11 is 5.39. The smallest absolute Gasteiger partial charge is 0.417 e. The van der Waals surface area contributed by atoms with Gasteiger partial charge in [0, 0.05) is 17.8 Å². The van der Waals surface area contributed by atoms with Crippen molar-refractivity contribution < 1.29 is 22.7 Å². The molecule has 3 nitrogen and oxygen atoms in total. The number of aromatic nitrogens is 1. The first-order valence-electron chi connectivity index (χ1n) is 4.33. The largest absolute Gasteiger partial charge is 0.466 e. The molecular formula is C10H7ClF3NO2. The zero-order valence-electron chi connectivity index (χ0n) is 8.58. The number of alkyl halides is 3. The number of esters is 1. The van der Waals surface area contributed by atoms with Gasteiger partial charge in [-0.3, -0.25) is 0 Å². The quantitative estimate of drug-likeness (QED) is 0.469. The van der Waals surface area contributed by atoms with Gasteiger partial charge in [0.2, 0.25) is 0 Å². The fourth-order valence-electron chi connectivity index (χ4n) is 1.04. The maximum Gasteiger partial charge on any atom is 0.417 e. The third-order valence-electron chi connectivity index (χ3n) is 1.81. The lowest BCUT2D eigenvalue weighted by molar-refractivity contribution is -0.138. The number of halogens is 4. The van der Waals surface area contributed by atoms with Gasteiger partial charge in [-0.2, -0.15) is 13.2 Å². The molecule has 0 aliphatic carbocycles. The number of carbonyl (C=O) groups excluding carboxylic acids is 1. The van der Waals surface area contributed by atoms with E-state index in [1.165, 1.54) is 0 Å². The molecule has 1 rings (SSSR count). The van der Waals surface area contributed by atoms with E-state index in [-0.39, 0.29) is 10.7 Å². The van der Waals surface area contributed by atoms with Crippen LogP contribution in [0, 0.1) is 0 Å². The van der Waals surface area contributed by atoms with Crippen LogP contribution in [-0.4, -0.2) is 18.1 Å². The molecule has 0 radical (unpaired) electrons. The van der Waals surface area contributed by atoms with E-state index in [4.69, 9.17) is 11.6 Å². The van der Waals surface area contributed by atoms with Gasteiger partial charge < -0.3 is 4.74 Å². The van der Waals surface area contributed by atoms with Crippen LogP contribution in [0.5, 0.6) is 0 Å². The van der Waals surface area contributed by atoms with Crippen LogP contribution in [0.25, 0.3) is 6.08 Å². The molecular weight excluding hydrogens is 259 g/mol. The minimum absolute atomic E-state index is 0.257. The number of methoxy groups -OCH3 is 1. The average molecular weight is 266 g/mol. The summed E-state index contributed by atoms with van der Waals surface area (Å²) in [7, 11) is 1.12. The summed E-state index contributed by atoms with van der Waals surface area (Å²) in [6, 6.07) is 0.693. The molecule has 0 amide bonds. The van der Waals surface area contributed by atoms with Crippen LogP contribution < -0.4 is 0 Å². The van der Waals surface area contributed by atoms with Gasteiger partial charge in [-0.05, 0) is 12.1 Å². The van der Waals surface area contributed by atoms with Gasteiger partial charge in [0.1, 0.15) is 5.15 Å². The lowest BCUT2D eigenvalue weighted by Gasteiger charge is -2.09. The normalized spacial score (nSPS) is 11.8. The molecule has 7 heteroatoms. The Morgan fingerprint density at radius 3 is 2.71 bits per heavy atom. The van der Waals surface area contributed by atoms with Crippen molar-refractivity contribution in [3.63, 3.8) is 0 Å². The van der Waals surface area contributed by atoms with Crippen molar-refractivity contribution in [2.75, 3.05) is 7.11 Å². The third-order valence-corrected chi connectivity index (χ3v) is 2.01. The Bertz CT molecular complexity index is 457. The third kappa shape index (κ3) is 3.74. The molecule has 0 fully saturated rings. The van der Waals surface area contributed by atoms with E-state index in [0.717, 1.165) is 25.5 Å². The second kappa shape index (κ2) is 5.18. The summed E-state index contributed by atoms with van der Waals surface area (Å²) in [5, 5.41) is -0.271. The van der Waals surface area contributed by atoms with Crippen LogP contribution in [-0.2, 0) is 15.7 Å². The number of ether oxygens (including phenoxy) is 1. The van der Waals surface area contributed by atoms with Gasteiger partial charge in [0.05, 0.1) is 12.7 Å². The molecule has 0 spiro atoms. The van der Waals surface area contributed by atoms with Crippen molar-refractivity contribution >= 4 is 23.6 Å². The van der Waals surface area contributed by atoms with Crippen molar-refractivity contribution in [2.24, 2.45) is 0 Å². The summed E-state index contributed by atoms with van der Waals surface area (Å²) in [5.41, 5.74) is -1.22. The highest BCUT2D eigenvalue weighted by Gasteiger charge is 2.33. The molecule has 92 valence electrons. The molecule has 0 saturated carbocycles. The highest BCUT2D eigenvalue weighted by molar-refractivity contribution is 6.29. The van der Waals surface area contributed by atoms with E-state index in [0.29, 0.717) is 6.07 Å². The lowest BCUT2D eigenvalue weighted by atomic mass is 10.1. The standard InChI is InChI=1S/C10H7ClF3NO2/c1-17-9(16)3-2-6-5-15-8(11)4-7(6)10(12,13)14/h2-5H,1H3. The van der Waals surface area contributed by atoms with Crippen LogP contribution in [0.3, 0.4) is 0 Å². The SMILES string of the molecule is COC(=O)C=Cc1cnc(Cl)cc1C(F)(F)F. The molecule has 1 aromatic rings. The van der Waals surface area contributed by atoms with Gasteiger partial charge in [0.25, 0.3) is 0 Å². The summed E-state index contributed by atoms with van der Waals surface area (Å²) in [6.45, 7) is 0. The predicted octanol–water partition coefficient (Wildman–Crippen LogP) is 2.94. The van der Waals surface area contributed by atoms with Crippen molar-refractivity contribution in [2.45, 2.75) is 6.18 Å². The summed E-state index contributed by atoms with van der Waals surface area (Å²) < 4.78 is 42.1. The Kier molecular flexibility index (Phi) is 4.11. The minimum Gasteiger partial charge on any atom is -0.466 e. The Hall–Kier alpha value is -1.56. The average Bonchev–Trinajstić information content (AvgIpc) is 2.25. The number of hydrogen-bond acceptors (Lipinski definition) is 3. The van der Waals surface area contributed by atoms with Crippen LogP contribution >= 0.6 is 11.6 Å². The Balaban J connectivity index is 3.16. The van der Waals surface area contributed by atoms with Crippen molar-refractivity contribution in [3.8, 4) is 0 Å². The maximum atomic E-state index is 12.6. The van der Waals surface area contributed by atoms with E-state index < -0.39 is 17.7 Å². The molecule has 1 heterocycles. The monoisotopic (exact) mass is 265 g/mol. The lowest BCUT2D eigenvalue weighted by Crippen LogP contribution is -2.08. The fourth-order valence-corrected chi connectivity index (χ4v) is 1.20. The molecule has 0 atom stereocenters. The first-order valence-corrected chi connectivity index (χ1v) is 4.71. The van der Waals surface area contributed by atoms with Gasteiger partial charge in [0.15, 0.2) is 0 Å². The zero-order chi connectivity index (χ0) is 13.1. The van der Waals surface area contributed by atoms with E-state index in [9.17, 15) is 18.0 Å². The Labute approximate surface area is 99.9 Å². The van der Waals surface area contributed by atoms with Crippen molar-refractivity contribution in [1.82, 2.24) is 4.98 Å². The molecule has 0 aromatic carbocycles. The summed E-state index contributed by atoms with van der Waals surface area (Å²) in [4.78, 5) is 14.3. The highest BCUT2D eigenvalue weighted by atomic mass is 35.5. The Morgan fingerprint density at radius 1 is 1.53 bits per heavy atom. The number of pyridine rings is 1. The van der Waals surface area contributed by atoms with Crippen LogP contribution in [0.15, 0.2) is 18.3 Å². The molecule has 1 aromatic heterocycles. The fraction of sp³-hybridized carbons (Fsp3) is 0.200. The topological polar surface area (TPSA) is 39.2 Å². The molecule has 17 heavy (non-hydrogen) atoms. The molecule has 0 aliphatic heterocycles. The zero-order valence-corrected chi connectivity index (χ0v) is 9.34. The van der Waals surface area contributed by atoms with Gasteiger partial charge in [-0.25, -0.2) is 9.78 Å². The van der Waals surface area contributed by atoms with Gasteiger partial charge in [-0.1, -0.05) is 11.6 Å². The molecule has 0 unspecified atom stereocenters. The molecule has 0 N–H and O–H groups in total. The van der Waals surface area contributed by atoms with E-state index in [1.54, 1.807) is 0 Å². The molecule has 0 aliphatic rings. The van der Waals surface area contributed by atoms with Crippen LogP contribution in [0.4, 0.5) is 13.2 Å². The number of carbonyl (C=O) groups is 1. The minimum atomic E-state index is -4.57. The van der Waals surface area contributed by atoms with E-state index in [2.05, 4.69) is 9.72 Å². The van der Waals surface area contributed by atoms with Crippen molar-refractivity contribution in [1.29, 1.82) is 0 Å². The second-order valence-electron chi connectivity index (χ2n) is 2.95. The Morgan fingerprint density at radius 2 is 2.18 bits per heavy atom. The van der Waals surface area contributed by atoms with Crippen molar-refractivity contribution in [3.05, 3.63) is 34.6 Å².